The van der Waals surface area contributed by atoms with Crippen molar-refractivity contribution in [3.8, 4) is 0 Å². The summed E-state index contributed by atoms with van der Waals surface area (Å²) in [4.78, 5) is 23.4. The van der Waals surface area contributed by atoms with Crippen molar-refractivity contribution in [2.75, 3.05) is 13.1 Å². The van der Waals surface area contributed by atoms with Gasteiger partial charge < -0.3 is 10.0 Å². The highest BCUT2D eigenvalue weighted by molar-refractivity contribution is 5.78. The average Bonchev–Trinajstić information content (AvgIpc) is 3.50. The summed E-state index contributed by atoms with van der Waals surface area (Å²) < 4.78 is 0. The molecule has 2 fully saturated rings. The molecule has 5 heteroatoms. The Labute approximate surface area is 160 Å². The van der Waals surface area contributed by atoms with Crippen LogP contribution in [0.2, 0.25) is 0 Å². The number of aromatic nitrogens is 2. The van der Waals surface area contributed by atoms with Crippen molar-refractivity contribution < 1.29 is 9.90 Å². The summed E-state index contributed by atoms with van der Waals surface area (Å²) in [5.41, 5.74) is 2.84. The zero-order valence-electron chi connectivity index (χ0n) is 15.6. The number of aliphatic hydroxyl groups is 1. The van der Waals surface area contributed by atoms with Crippen LogP contribution in [0.4, 0.5) is 0 Å². The molecule has 1 atom stereocenters. The zero-order valence-corrected chi connectivity index (χ0v) is 15.6. The van der Waals surface area contributed by atoms with E-state index < -0.39 is 6.10 Å². The van der Waals surface area contributed by atoms with E-state index in [0.29, 0.717) is 24.8 Å². The Kier molecular flexibility index (Phi) is 5.48. The van der Waals surface area contributed by atoms with Crippen molar-refractivity contribution in [2.45, 2.75) is 50.5 Å². The molecule has 4 rings (SSSR count). The Balaban J connectivity index is 1.41. The molecule has 142 valence electrons. The lowest BCUT2D eigenvalue weighted by Crippen LogP contribution is -2.40. The predicted molar refractivity (Wildman–Crippen MR) is 103 cm³/mol. The first-order valence-corrected chi connectivity index (χ1v) is 9.99. The van der Waals surface area contributed by atoms with E-state index in [1.54, 1.807) is 12.4 Å². The maximum Gasteiger partial charge on any atom is 0.227 e. The normalized spacial score (nSPS) is 18.0. The summed E-state index contributed by atoms with van der Waals surface area (Å²) in [6, 6.07) is 7.74. The highest BCUT2D eigenvalue weighted by Crippen LogP contribution is 2.38. The van der Waals surface area contributed by atoms with E-state index in [-0.39, 0.29) is 5.91 Å². The summed E-state index contributed by atoms with van der Waals surface area (Å²) in [5, 5.41) is 10.6. The summed E-state index contributed by atoms with van der Waals surface area (Å²) in [5.74, 6) is 1.25. The van der Waals surface area contributed by atoms with E-state index in [4.69, 9.17) is 0 Å². The van der Waals surface area contributed by atoms with E-state index >= 15 is 0 Å². The number of carbonyl (C=O) groups excluding carboxylic acids is 1. The van der Waals surface area contributed by atoms with Gasteiger partial charge in [-0.2, -0.15) is 0 Å². The maximum atomic E-state index is 13.0. The number of hydrogen-bond donors (Lipinski definition) is 1. The summed E-state index contributed by atoms with van der Waals surface area (Å²) in [7, 11) is 0. The topological polar surface area (TPSA) is 66.3 Å². The molecule has 2 heterocycles. The molecule has 27 heavy (non-hydrogen) atoms. The molecule has 2 aromatic heterocycles. The van der Waals surface area contributed by atoms with Gasteiger partial charge in [-0.15, -0.1) is 0 Å². The van der Waals surface area contributed by atoms with E-state index in [1.165, 1.54) is 32.1 Å². The van der Waals surface area contributed by atoms with Crippen LogP contribution in [0, 0.1) is 5.92 Å². The van der Waals surface area contributed by atoms with Crippen LogP contribution >= 0.6 is 0 Å². The maximum absolute atomic E-state index is 13.0. The molecule has 1 unspecified atom stereocenters. The van der Waals surface area contributed by atoms with Crippen LogP contribution < -0.4 is 0 Å². The summed E-state index contributed by atoms with van der Waals surface area (Å²) >= 11 is 0. The van der Waals surface area contributed by atoms with Gasteiger partial charge in [-0.05, 0) is 49.3 Å². The van der Waals surface area contributed by atoms with Crippen molar-refractivity contribution >= 4 is 5.91 Å². The molecule has 0 aliphatic heterocycles. The lowest BCUT2D eigenvalue weighted by Gasteiger charge is -2.33. The highest BCUT2D eigenvalue weighted by Gasteiger charge is 2.27. The van der Waals surface area contributed by atoms with Gasteiger partial charge in [0.1, 0.15) is 0 Å². The molecule has 2 saturated carbocycles. The Bertz CT molecular complexity index is 755. The Morgan fingerprint density at radius 3 is 2.63 bits per heavy atom. The van der Waals surface area contributed by atoms with Crippen LogP contribution in [0.3, 0.4) is 0 Å². The standard InChI is InChI=1S/C22H27N3O2/c26-21(19-5-2-10-23-13-19)15-25(14-16-3-1-4-16)22(27)11-17-6-9-20(24-12-17)18-7-8-18/h2,5-6,9-10,12-13,16,18,21,26H,1,3-4,7-8,11,14-15H2. The van der Waals surface area contributed by atoms with Gasteiger partial charge in [-0.25, -0.2) is 0 Å². The molecule has 0 bridgehead atoms. The fourth-order valence-corrected chi connectivity index (χ4v) is 3.60. The molecule has 2 aromatic rings. The van der Waals surface area contributed by atoms with Crippen LogP contribution in [0.25, 0.3) is 0 Å². The second-order valence-electron chi connectivity index (χ2n) is 7.94. The SMILES string of the molecule is O=C(Cc1ccc(C2CC2)nc1)N(CC1CCC1)CC(O)c1cccnc1. The van der Waals surface area contributed by atoms with Crippen LogP contribution in [0.15, 0.2) is 42.9 Å². The molecule has 2 aliphatic rings. The molecule has 0 aromatic carbocycles. The van der Waals surface area contributed by atoms with Crippen molar-refractivity contribution in [1.29, 1.82) is 0 Å². The van der Waals surface area contributed by atoms with E-state index in [1.807, 2.05) is 29.3 Å². The van der Waals surface area contributed by atoms with E-state index in [9.17, 15) is 9.90 Å². The third-order valence-electron chi connectivity index (χ3n) is 5.72. The van der Waals surface area contributed by atoms with Crippen molar-refractivity contribution in [2.24, 2.45) is 5.92 Å². The number of pyridine rings is 2. The van der Waals surface area contributed by atoms with Crippen LogP contribution in [0.1, 0.15) is 60.9 Å². The summed E-state index contributed by atoms with van der Waals surface area (Å²) in [6.07, 6.45) is 10.9. The second-order valence-corrected chi connectivity index (χ2v) is 7.94. The molecule has 0 saturated heterocycles. The quantitative estimate of drug-likeness (QED) is 0.780. The number of aliphatic hydroxyl groups excluding tert-OH is 1. The Morgan fingerprint density at radius 2 is 2.04 bits per heavy atom. The summed E-state index contributed by atoms with van der Waals surface area (Å²) in [6.45, 7) is 1.04. The lowest BCUT2D eigenvalue weighted by atomic mass is 9.85. The minimum absolute atomic E-state index is 0.0609. The number of hydrogen-bond acceptors (Lipinski definition) is 4. The molecular weight excluding hydrogens is 338 g/mol. The second kappa shape index (κ2) is 8.17. The molecule has 1 N–H and O–H groups in total. The van der Waals surface area contributed by atoms with Crippen LogP contribution in [-0.4, -0.2) is 39.0 Å². The smallest absolute Gasteiger partial charge is 0.227 e. The first-order chi connectivity index (χ1) is 13.2. The van der Waals surface area contributed by atoms with Gasteiger partial charge in [0, 0.05) is 42.3 Å². The molecular formula is C22H27N3O2. The fraction of sp³-hybridized carbons (Fsp3) is 0.500. The third-order valence-corrected chi connectivity index (χ3v) is 5.72. The number of carbonyl (C=O) groups is 1. The number of rotatable bonds is 8. The minimum atomic E-state index is -0.710. The molecule has 0 radical (unpaired) electrons. The molecule has 5 nitrogen and oxygen atoms in total. The largest absolute Gasteiger partial charge is 0.386 e. The average molecular weight is 365 g/mol. The van der Waals surface area contributed by atoms with Gasteiger partial charge in [-0.3, -0.25) is 14.8 Å². The highest BCUT2D eigenvalue weighted by atomic mass is 16.3. The van der Waals surface area contributed by atoms with Crippen LogP contribution in [0.5, 0.6) is 0 Å². The van der Waals surface area contributed by atoms with Gasteiger partial charge in [0.2, 0.25) is 5.91 Å². The third kappa shape index (κ3) is 4.72. The van der Waals surface area contributed by atoms with Crippen molar-refractivity contribution in [3.63, 3.8) is 0 Å². The Hall–Kier alpha value is -2.27. The first-order valence-electron chi connectivity index (χ1n) is 9.99. The molecule has 0 spiro atoms. The van der Waals surface area contributed by atoms with E-state index in [2.05, 4.69) is 16.0 Å². The van der Waals surface area contributed by atoms with Gasteiger partial charge in [-0.1, -0.05) is 18.6 Å². The number of nitrogens with zero attached hydrogens (tertiary/aromatic N) is 3. The molecule has 1 amide bonds. The van der Waals surface area contributed by atoms with Crippen molar-refractivity contribution in [1.82, 2.24) is 14.9 Å². The van der Waals surface area contributed by atoms with E-state index in [0.717, 1.165) is 23.4 Å². The van der Waals surface area contributed by atoms with Gasteiger partial charge in [0.25, 0.3) is 0 Å². The monoisotopic (exact) mass is 365 g/mol. The zero-order chi connectivity index (χ0) is 18.6. The van der Waals surface area contributed by atoms with Crippen LogP contribution in [-0.2, 0) is 11.2 Å². The first kappa shape index (κ1) is 18.1. The van der Waals surface area contributed by atoms with Gasteiger partial charge in [0.15, 0.2) is 0 Å². The predicted octanol–water partition coefficient (Wildman–Crippen LogP) is 3.26. The Morgan fingerprint density at radius 1 is 1.19 bits per heavy atom. The van der Waals surface area contributed by atoms with Gasteiger partial charge in [0.05, 0.1) is 19.1 Å². The van der Waals surface area contributed by atoms with Crippen molar-refractivity contribution in [3.05, 3.63) is 59.7 Å². The number of amides is 1. The lowest BCUT2D eigenvalue weighted by molar-refractivity contribution is -0.133. The fourth-order valence-electron chi connectivity index (χ4n) is 3.60. The minimum Gasteiger partial charge on any atom is -0.386 e. The molecule has 2 aliphatic carbocycles. The van der Waals surface area contributed by atoms with Gasteiger partial charge >= 0.3 is 0 Å².